The van der Waals surface area contributed by atoms with E-state index in [0.29, 0.717) is 11.3 Å². The van der Waals surface area contributed by atoms with Crippen LogP contribution in [0, 0.1) is 0 Å². The van der Waals surface area contributed by atoms with Gasteiger partial charge < -0.3 is 18.9 Å². The maximum absolute atomic E-state index is 12.9. The standard InChI is InChI=1S/C27H27F3O5/c1-5-32-25(31)17-33-23-15-10-18(21-8-6-7-9-22(21)35-27(28,29)30)16-24(23)34-20-13-11-19(12-14-20)26(2,3)4/h6-16H,5,17H2,1-4H3. The number of carbonyl (C=O) groups excluding carboxylic acids is 1. The Morgan fingerprint density at radius 3 is 2.17 bits per heavy atom. The molecule has 0 unspecified atom stereocenters. The van der Waals surface area contributed by atoms with Gasteiger partial charge in [-0.2, -0.15) is 0 Å². The molecule has 0 saturated carbocycles. The van der Waals surface area contributed by atoms with Gasteiger partial charge in [-0.1, -0.05) is 57.2 Å². The number of halogens is 3. The number of hydrogen-bond donors (Lipinski definition) is 0. The number of para-hydroxylation sites is 1. The van der Waals surface area contributed by atoms with Gasteiger partial charge in [0.05, 0.1) is 6.61 Å². The average Bonchev–Trinajstić information content (AvgIpc) is 2.77. The van der Waals surface area contributed by atoms with E-state index in [2.05, 4.69) is 25.5 Å². The first kappa shape index (κ1) is 25.9. The molecule has 0 fully saturated rings. The molecule has 186 valence electrons. The second-order valence-corrected chi connectivity index (χ2v) is 8.68. The van der Waals surface area contributed by atoms with E-state index in [-0.39, 0.29) is 41.4 Å². The summed E-state index contributed by atoms with van der Waals surface area (Å²) >= 11 is 0. The summed E-state index contributed by atoms with van der Waals surface area (Å²) in [6.07, 6.45) is -4.84. The number of ether oxygens (including phenoxy) is 4. The molecule has 0 atom stereocenters. The van der Waals surface area contributed by atoms with E-state index in [4.69, 9.17) is 14.2 Å². The number of esters is 1. The van der Waals surface area contributed by atoms with Gasteiger partial charge in [-0.05, 0) is 53.8 Å². The van der Waals surface area contributed by atoms with E-state index in [1.807, 2.05) is 12.1 Å². The normalized spacial score (nSPS) is 11.6. The summed E-state index contributed by atoms with van der Waals surface area (Å²) in [5, 5.41) is 0. The first-order valence-electron chi connectivity index (χ1n) is 11.0. The zero-order valence-electron chi connectivity index (χ0n) is 19.9. The first-order chi connectivity index (χ1) is 16.5. The van der Waals surface area contributed by atoms with Crippen LogP contribution in [0.2, 0.25) is 0 Å². The summed E-state index contributed by atoms with van der Waals surface area (Å²) in [7, 11) is 0. The molecule has 3 aromatic carbocycles. The molecule has 0 amide bonds. The molecule has 0 bridgehead atoms. The predicted molar refractivity (Wildman–Crippen MR) is 126 cm³/mol. The lowest BCUT2D eigenvalue weighted by Gasteiger charge is -2.19. The molecule has 3 aromatic rings. The van der Waals surface area contributed by atoms with Crippen LogP contribution in [-0.4, -0.2) is 25.5 Å². The minimum Gasteiger partial charge on any atom is -0.478 e. The first-order valence-corrected chi connectivity index (χ1v) is 11.0. The molecule has 0 aliphatic heterocycles. The van der Waals surface area contributed by atoms with Crippen molar-refractivity contribution in [2.45, 2.75) is 39.5 Å². The van der Waals surface area contributed by atoms with Crippen molar-refractivity contribution in [3.05, 3.63) is 72.3 Å². The van der Waals surface area contributed by atoms with Crippen molar-refractivity contribution >= 4 is 5.97 Å². The van der Waals surface area contributed by atoms with E-state index >= 15 is 0 Å². The zero-order valence-corrected chi connectivity index (χ0v) is 19.9. The highest BCUT2D eigenvalue weighted by molar-refractivity contribution is 5.74. The van der Waals surface area contributed by atoms with Crippen LogP contribution in [0.3, 0.4) is 0 Å². The van der Waals surface area contributed by atoms with Crippen molar-refractivity contribution in [1.29, 1.82) is 0 Å². The fourth-order valence-electron chi connectivity index (χ4n) is 3.28. The largest absolute Gasteiger partial charge is 0.573 e. The molecule has 0 aliphatic carbocycles. The Morgan fingerprint density at radius 1 is 0.857 bits per heavy atom. The smallest absolute Gasteiger partial charge is 0.478 e. The van der Waals surface area contributed by atoms with Crippen molar-refractivity contribution in [3.8, 4) is 34.1 Å². The van der Waals surface area contributed by atoms with Crippen molar-refractivity contribution in [3.63, 3.8) is 0 Å². The van der Waals surface area contributed by atoms with Gasteiger partial charge in [-0.15, -0.1) is 13.2 Å². The third-order valence-corrected chi connectivity index (χ3v) is 4.97. The van der Waals surface area contributed by atoms with Gasteiger partial charge in [-0.3, -0.25) is 0 Å². The molecule has 0 heterocycles. The maximum atomic E-state index is 12.9. The number of hydrogen-bond acceptors (Lipinski definition) is 5. The van der Waals surface area contributed by atoms with Crippen LogP contribution < -0.4 is 14.2 Å². The topological polar surface area (TPSA) is 54.0 Å². The van der Waals surface area contributed by atoms with Crippen LogP contribution in [0.15, 0.2) is 66.7 Å². The van der Waals surface area contributed by atoms with Crippen molar-refractivity contribution in [2.24, 2.45) is 0 Å². The van der Waals surface area contributed by atoms with Crippen LogP contribution in [0.5, 0.6) is 23.0 Å². The van der Waals surface area contributed by atoms with E-state index < -0.39 is 12.3 Å². The highest BCUT2D eigenvalue weighted by atomic mass is 19.4. The van der Waals surface area contributed by atoms with E-state index in [9.17, 15) is 18.0 Å². The molecule has 5 nitrogen and oxygen atoms in total. The van der Waals surface area contributed by atoms with E-state index in [1.165, 1.54) is 30.3 Å². The van der Waals surface area contributed by atoms with Crippen molar-refractivity contribution in [1.82, 2.24) is 0 Å². The molecular weight excluding hydrogens is 461 g/mol. The van der Waals surface area contributed by atoms with Gasteiger partial charge >= 0.3 is 12.3 Å². The summed E-state index contributed by atoms with van der Waals surface area (Å²) in [4.78, 5) is 11.8. The number of rotatable bonds is 8. The molecule has 0 N–H and O–H groups in total. The van der Waals surface area contributed by atoms with Gasteiger partial charge in [0.2, 0.25) is 0 Å². The Kier molecular flexibility index (Phi) is 7.94. The number of benzene rings is 3. The minimum atomic E-state index is -4.84. The molecule has 3 rings (SSSR count). The molecule has 8 heteroatoms. The maximum Gasteiger partial charge on any atom is 0.573 e. The number of carbonyl (C=O) groups is 1. The molecule has 0 aliphatic rings. The van der Waals surface area contributed by atoms with Gasteiger partial charge in [0.15, 0.2) is 18.1 Å². The average molecular weight is 489 g/mol. The number of alkyl halides is 3. The molecular formula is C27H27F3O5. The van der Waals surface area contributed by atoms with E-state index in [1.54, 1.807) is 31.2 Å². The molecule has 0 saturated heterocycles. The predicted octanol–water partition coefficient (Wildman–Crippen LogP) is 7.28. The van der Waals surface area contributed by atoms with E-state index in [0.717, 1.165) is 5.56 Å². The third-order valence-electron chi connectivity index (χ3n) is 4.97. The Labute approximate surface area is 202 Å². The van der Waals surface area contributed by atoms with Crippen LogP contribution in [-0.2, 0) is 14.9 Å². The Hall–Kier alpha value is -3.68. The summed E-state index contributed by atoms with van der Waals surface area (Å²) in [6.45, 7) is 7.82. The van der Waals surface area contributed by atoms with Gasteiger partial charge in [0, 0.05) is 5.56 Å². The van der Waals surface area contributed by atoms with Gasteiger partial charge in [0.1, 0.15) is 11.5 Å². The van der Waals surface area contributed by atoms with Crippen molar-refractivity contribution in [2.75, 3.05) is 13.2 Å². The lowest BCUT2D eigenvalue weighted by molar-refractivity contribution is -0.274. The van der Waals surface area contributed by atoms with Crippen LogP contribution in [0.25, 0.3) is 11.1 Å². The Balaban J connectivity index is 1.97. The highest BCUT2D eigenvalue weighted by Crippen LogP contribution is 2.40. The van der Waals surface area contributed by atoms with Gasteiger partial charge in [0.25, 0.3) is 0 Å². The summed E-state index contributed by atoms with van der Waals surface area (Å²) < 4.78 is 59.4. The summed E-state index contributed by atoms with van der Waals surface area (Å²) in [6, 6.07) is 17.9. The minimum absolute atomic E-state index is 0.0471. The monoisotopic (exact) mass is 488 g/mol. The van der Waals surface area contributed by atoms with Crippen molar-refractivity contribution < 1.29 is 36.9 Å². The van der Waals surface area contributed by atoms with Crippen LogP contribution >= 0.6 is 0 Å². The quantitative estimate of drug-likeness (QED) is 0.312. The second-order valence-electron chi connectivity index (χ2n) is 8.68. The second kappa shape index (κ2) is 10.7. The lowest BCUT2D eigenvalue weighted by Crippen LogP contribution is -2.17. The highest BCUT2D eigenvalue weighted by Gasteiger charge is 2.32. The van der Waals surface area contributed by atoms with Crippen LogP contribution in [0.4, 0.5) is 13.2 Å². The molecule has 0 radical (unpaired) electrons. The Morgan fingerprint density at radius 2 is 1.54 bits per heavy atom. The molecule has 0 aromatic heterocycles. The fraction of sp³-hybridized carbons (Fsp3) is 0.296. The summed E-state index contributed by atoms with van der Waals surface area (Å²) in [5.41, 5.74) is 1.69. The Bertz CT molecular complexity index is 1150. The lowest BCUT2D eigenvalue weighted by atomic mass is 9.87. The molecule has 35 heavy (non-hydrogen) atoms. The van der Waals surface area contributed by atoms with Gasteiger partial charge in [-0.25, -0.2) is 4.79 Å². The zero-order chi connectivity index (χ0) is 25.6. The molecule has 0 spiro atoms. The van der Waals surface area contributed by atoms with Crippen LogP contribution in [0.1, 0.15) is 33.3 Å². The summed E-state index contributed by atoms with van der Waals surface area (Å²) in [5.74, 6) is 0.0469. The fourth-order valence-corrected chi connectivity index (χ4v) is 3.28. The SMILES string of the molecule is CCOC(=O)COc1ccc(-c2ccccc2OC(F)(F)F)cc1Oc1ccc(C(C)(C)C)cc1. The third kappa shape index (κ3) is 7.40.